The number of hydrogen-bond acceptors (Lipinski definition) is 4. The largest absolute Gasteiger partial charge is 0.353 e. The number of guanidine groups is 1. The molecule has 0 aromatic carbocycles. The van der Waals surface area contributed by atoms with Crippen molar-refractivity contribution in [3.63, 3.8) is 0 Å². The second-order valence-corrected chi connectivity index (χ2v) is 4.35. The predicted octanol–water partition coefficient (Wildman–Crippen LogP) is 0.711. The molecule has 3 aliphatic rings. The molecule has 0 amide bonds. The highest BCUT2D eigenvalue weighted by molar-refractivity contribution is 5.93. The average Bonchev–Trinajstić information content (AvgIpc) is 3.09. The van der Waals surface area contributed by atoms with Gasteiger partial charge in [0, 0.05) is 12.3 Å². The molecule has 0 bridgehead atoms. The maximum Gasteiger partial charge on any atom is 0.212 e. The van der Waals surface area contributed by atoms with E-state index in [1.807, 2.05) is 0 Å². The van der Waals surface area contributed by atoms with Crippen molar-refractivity contribution in [3.8, 4) is 0 Å². The number of aliphatic imine (C=N–C) groups is 1. The van der Waals surface area contributed by atoms with Gasteiger partial charge in [-0.15, -0.1) is 0 Å². The molecule has 2 saturated carbocycles. The molecule has 1 aliphatic heterocycles. The van der Waals surface area contributed by atoms with Crippen LogP contribution in [0.5, 0.6) is 0 Å². The fourth-order valence-electron chi connectivity index (χ4n) is 1.86. The third-order valence-corrected chi connectivity index (χ3v) is 2.96. The SMILES string of the molecule is C1CNC(NN=C(C2CC2)C2CC2)=N1. The molecule has 0 unspecified atom stereocenters. The number of hydrogen-bond donors (Lipinski definition) is 2. The first-order chi connectivity index (χ1) is 6.93. The van der Waals surface area contributed by atoms with Gasteiger partial charge in [-0.25, -0.2) is 10.4 Å². The minimum atomic E-state index is 0.789. The van der Waals surface area contributed by atoms with Crippen molar-refractivity contribution in [2.24, 2.45) is 21.9 Å². The van der Waals surface area contributed by atoms with E-state index < -0.39 is 0 Å². The first-order valence-corrected chi connectivity index (χ1v) is 5.55. The van der Waals surface area contributed by atoms with E-state index in [0.717, 1.165) is 30.9 Å². The summed E-state index contributed by atoms with van der Waals surface area (Å²) in [6, 6.07) is 0. The maximum absolute atomic E-state index is 4.50. The van der Waals surface area contributed by atoms with Gasteiger partial charge in [-0.05, 0) is 37.5 Å². The third kappa shape index (κ3) is 1.74. The van der Waals surface area contributed by atoms with Gasteiger partial charge < -0.3 is 5.32 Å². The molecule has 0 spiro atoms. The van der Waals surface area contributed by atoms with Crippen LogP contribution in [-0.2, 0) is 0 Å². The van der Waals surface area contributed by atoms with Crippen LogP contribution < -0.4 is 10.7 Å². The molecule has 4 nitrogen and oxygen atoms in total. The summed E-state index contributed by atoms with van der Waals surface area (Å²) in [6.45, 7) is 1.82. The van der Waals surface area contributed by atoms with Crippen LogP contribution in [-0.4, -0.2) is 24.8 Å². The standard InChI is InChI=1S/C10H16N4/c1-2-7(1)9(8-3-4-8)13-14-10-11-5-6-12-10/h7-8H,1-6H2,(H2,11,12,14). The Kier molecular flexibility index (Phi) is 1.92. The van der Waals surface area contributed by atoms with E-state index >= 15 is 0 Å². The van der Waals surface area contributed by atoms with Gasteiger partial charge in [-0.1, -0.05) is 0 Å². The van der Waals surface area contributed by atoms with Gasteiger partial charge >= 0.3 is 0 Å². The van der Waals surface area contributed by atoms with E-state index in [9.17, 15) is 0 Å². The second kappa shape index (κ2) is 3.26. The zero-order valence-corrected chi connectivity index (χ0v) is 8.29. The molecule has 2 fully saturated rings. The van der Waals surface area contributed by atoms with Crippen molar-refractivity contribution < 1.29 is 0 Å². The topological polar surface area (TPSA) is 48.8 Å². The van der Waals surface area contributed by atoms with E-state index in [0.29, 0.717) is 0 Å². The number of nitrogens with one attached hydrogen (secondary N) is 2. The molecule has 1 heterocycles. The number of hydrazone groups is 1. The molecule has 2 N–H and O–H groups in total. The van der Waals surface area contributed by atoms with Gasteiger partial charge in [0.2, 0.25) is 5.96 Å². The lowest BCUT2D eigenvalue weighted by Crippen LogP contribution is -2.31. The molecule has 14 heavy (non-hydrogen) atoms. The quantitative estimate of drug-likeness (QED) is 0.511. The van der Waals surface area contributed by atoms with Crippen molar-refractivity contribution in [2.45, 2.75) is 25.7 Å². The molecule has 0 atom stereocenters. The van der Waals surface area contributed by atoms with Crippen LogP contribution in [0.1, 0.15) is 25.7 Å². The Balaban J connectivity index is 1.62. The van der Waals surface area contributed by atoms with Crippen LogP contribution >= 0.6 is 0 Å². The smallest absolute Gasteiger partial charge is 0.212 e. The lowest BCUT2D eigenvalue weighted by molar-refractivity contribution is 0.893. The molecule has 4 heteroatoms. The summed E-state index contributed by atoms with van der Waals surface area (Å²) in [7, 11) is 0. The fourth-order valence-corrected chi connectivity index (χ4v) is 1.86. The van der Waals surface area contributed by atoms with Gasteiger partial charge in [0.1, 0.15) is 0 Å². The Morgan fingerprint density at radius 3 is 2.50 bits per heavy atom. The lowest BCUT2D eigenvalue weighted by atomic mass is 10.2. The summed E-state index contributed by atoms with van der Waals surface area (Å²) in [6.07, 6.45) is 5.38. The molecular weight excluding hydrogens is 176 g/mol. The minimum absolute atomic E-state index is 0.789. The molecule has 0 radical (unpaired) electrons. The molecule has 0 aromatic rings. The number of rotatable bonds is 3. The summed E-state index contributed by atoms with van der Waals surface area (Å²) in [5.41, 5.74) is 4.46. The second-order valence-electron chi connectivity index (χ2n) is 4.35. The lowest BCUT2D eigenvalue weighted by Gasteiger charge is -2.04. The Bertz CT molecular complexity index is 272. The van der Waals surface area contributed by atoms with E-state index in [1.54, 1.807) is 0 Å². The van der Waals surface area contributed by atoms with E-state index in [-0.39, 0.29) is 0 Å². The van der Waals surface area contributed by atoms with Gasteiger partial charge in [0.05, 0.1) is 6.54 Å². The normalized spacial score (nSPS) is 25.3. The monoisotopic (exact) mass is 192 g/mol. The Morgan fingerprint density at radius 1 is 1.29 bits per heavy atom. The first-order valence-electron chi connectivity index (χ1n) is 5.55. The van der Waals surface area contributed by atoms with Crippen molar-refractivity contribution >= 4 is 11.7 Å². The zero-order chi connectivity index (χ0) is 9.38. The fraction of sp³-hybridized carbons (Fsp3) is 0.800. The Hall–Kier alpha value is -1.06. The van der Waals surface area contributed by atoms with Crippen molar-refractivity contribution in [2.75, 3.05) is 13.1 Å². The average molecular weight is 192 g/mol. The Morgan fingerprint density at radius 2 is 2.00 bits per heavy atom. The highest BCUT2D eigenvalue weighted by atomic mass is 15.4. The van der Waals surface area contributed by atoms with E-state index in [4.69, 9.17) is 0 Å². The molecule has 3 rings (SSSR count). The summed E-state index contributed by atoms with van der Waals surface area (Å²) in [5, 5.41) is 7.67. The van der Waals surface area contributed by atoms with Crippen LogP contribution in [0.15, 0.2) is 10.1 Å². The highest BCUT2D eigenvalue weighted by Gasteiger charge is 2.38. The molecule has 0 aromatic heterocycles. The van der Waals surface area contributed by atoms with Crippen LogP contribution in [0, 0.1) is 11.8 Å². The zero-order valence-electron chi connectivity index (χ0n) is 8.29. The number of nitrogens with zero attached hydrogens (tertiary/aromatic N) is 2. The third-order valence-electron chi connectivity index (χ3n) is 2.96. The van der Waals surface area contributed by atoms with Gasteiger partial charge in [-0.2, -0.15) is 5.10 Å². The van der Waals surface area contributed by atoms with Crippen molar-refractivity contribution in [1.82, 2.24) is 10.7 Å². The minimum Gasteiger partial charge on any atom is -0.353 e. The molecule has 2 aliphatic carbocycles. The van der Waals surface area contributed by atoms with Gasteiger partial charge in [-0.3, -0.25) is 0 Å². The predicted molar refractivity (Wildman–Crippen MR) is 56.3 cm³/mol. The van der Waals surface area contributed by atoms with E-state index in [1.165, 1.54) is 31.4 Å². The van der Waals surface area contributed by atoms with Gasteiger partial charge in [0.15, 0.2) is 0 Å². The van der Waals surface area contributed by atoms with Crippen LogP contribution in [0.2, 0.25) is 0 Å². The molecular formula is C10H16N4. The summed E-state index contributed by atoms with van der Waals surface area (Å²) in [5.74, 6) is 2.43. The van der Waals surface area contributed by atoms with E-state index in [2.05, 4.69) is 20.8 Å². The van der Waals surface area contributed by atoms with Crippen LogP contribution in [0.25, 0.3) is 0 Å². The van der Waals surface area contributed by atoms with Crippen molar-refractivity contribution in [1.29, 1.82) is 0 Å². The summed E-state index contributed by atoms with van der Waals surface area (Å²) in [4.78, 5) is 4.25. The molecule has 0 saturated heterocycles. The van der Waals surface area contributed by atoms with Crippen LogP contribution in [0.4, 0.5) is 0 Å². The van der Waals surface area contributed by atoms with Crippen LogP contribution in [0.3, 0.4) is 0 Å². The molecule has 76 valence electrons. The maximum atomic E-state index is 4.50. The summed E-state index contributed by atoms with van der Waals surface area (Å²) < 4.78 is 0. The first kappa shape index (κ1) is 8.26. The van der Waals surface area contributed by atoms with Gasteiger partial charge in [0.25, 0.3) is 0 Å². The highest BCUT2D eigenvalue weighted by Crippen LogP contribution is 2.41. The summed E-state index contributed by atoms with van der Waals surface area (Å²) >= 11 is 0. The Labute approximate surface area is 83.9 Å². The van der Waals surface area contributed by atoms with Crippen molar-refractivity contribution in [3.05, 3.63) is 0 Å².